The highest BCUT2D eigenvalue weighted by atomic mass is 35.5. The van der Waals surface area contributed by atoms with Crippen LogP contribution in [0.25, 0.3) is 0 Å². The van der Waals surface area contributed by atoms with Crippen molar-refractivity contribution in [1.29, 1.82) is 0 Å². The number of anilines is 2. The molecule has 1 aromatic heterocycles. The Morgan fingerprint density at radius 2 is 2.00 bits per heavy atom. The molecule has 1 heterocycles. The molecule has 6 heteroatoms. The van der Waals surface area contributed by atoms with Crippen molar-refractivity contribution in [2.75, 3.05) is 17.7 Å². The highest BCUT2D eigenvalue weighted by Gasteiger charge is 2.15. The first-order valence-electron chi connectivity index (χ1n) is 5.93. The molecule has 0 atom stereocenters. The maximum Gasteiger partial charge on any atom is 0.259 e. The fraction of sp³-hybridized carbons (Fsp3) is 0.143. The average molecular weight is 310 g/mol. The van der Waals surface area contributed by atoms with Gasteiger partial charge in [-0.2, -0.15) is 0 Å². The standard InChI is InChI=1S/C14H13Cl2N3O/c1-8-5-6-10(15)12(11(8)16)19-14(20)9-4-3-7-18-13(9)17-2/h3-7H,1-2H3,(H,17,18)(H,19,20). The molecule has 0 aliphatic carbocycles. The number of pyridine rings is 1. The number of carbonyl (C=O) groups excluding carboxylic acids is 1. The predicted molar refractivity (Wildman–Crippen MR) is 82.9 cm³/mol. The maximum atomic E-state index is 12.3. The Morgan fingerprint density at radius 3 is 2.70 bits per heavy atom. The highest BCUT2D eigenvalue weighted by molar-refractivity contribution is 6.40. The number of hydrogen-bond donors (Lipinski definition) is 2. The Kier molecular flexibility index (Phi) is 4.47. The number of benzene rings is 1. The highest BCUT2D eigenvalue weighted by Crippen LogP contribution is 2.33. The summed E-state index contributed by atoms with van der Waals surface area (Å²) in [6.07, 6.45) is 1.61. The zero-order valence-electron chi connectivity index (χ0n) is 11.0. The van der Waals surface area contributed by atoms with Crippen LogP contribution in [0.4, 0.5) is 11.5 Å². The lowest BCUT2D eigenvalue weighted by atomic mass is 10.2. The second-order valence-corrected chi connectivity index (χ2v) is 4.94. The summed E-state index contributed by atoms with van der Waals surface area (Å²) in [6.45, 7) is 1.84. The Balaban J connectivity index is 2.35. The molecule has 0 fully saturated rings. The first-order chi connectivity index (χ1) is 9.54. The fourth-order valence-electron chi connectivity index (χ4n) is 1.74. The van der Waals surface area contributed by atoms with Gasteiger partial charge in [-0.25, -0.2) is 4.98 Å². The van der Waals surface area contributed by atoms with Crippen molar-refractivity contribution in [2.45, 2.75) is 6.92 Å². The van der Waals surface area contributed by atoms with Gasteiger partial charge in [0.05, 0.1) is 21.3 Å². The number of carbonyl (C=O) groups is 1. The molecule has 0 spiro atoms. The molecular weight excluding hydrogens is 297 g/mol. The summed E-state index contributed by atoms with van der Waals surface area (Å²) in [4.78, 5) is 16.4. The van der Waals surface area contributed by atoms with E-state index in [4.69, 9.17) is 23.2 Å². The largest absolute Gasteiger partial charge is 0.372 e. The molecule has 2 N–H and O–H groups in total. The molecule has 4 nitrogen and oxygen atoms in total. The van der Waals surface area contributed by atoms with Gasteiger partial charge in [0.2, 0.25) is 0 Å². The molecule has 1 amide bonds. The second kappa shape index (κ2) is 6.11. The van der Waals surface area contributed by atoms with Crippen LogP contribution in [0, 0.1) is 6.92 Å². The van der Waals surface area contributed by atoms with E-state index in [9.17, 15) is 4.79 Å². The van der Waals surface area contributed by atoms with Gasteiger partial charge in [-0.3, -0.25) is 4.79 Å². The number of rotatable bonds is 3. The van der Waals surface area contributed by atoms with Crippen molar-refractivity contribution < 1.29 is 4.79 Å². The molecule has 1 aromatic carbocycles. The Bertz CT molecular complexity index is 659. The Labute approximate surface area is 127 Å². The van der Waals surface area contributed by atoms with Crippen LogP contribution in [0.3, 0.4) is 0 Å². The summed E-state index contributed by atoms with van der Waals surface area (Å²) in [5.74, 6) is 0.168. The lowest BCUT2D eigenvalue weighted by Gasteiger charge is -2.12. The van der Waals surface area contributed by atoms with Crippen molar-refractivity contribution in [2.24, 2.45) is 0 Å². The molecule has 104 valence electrons. The molecular formula is C14H13Cl2N3O. The monoisotopic (exact) mass is 309 g/mol. The normalized spacial score (nSPS) is 10.2. The number of aromatic nitrogens is 1. The number of aryl methyl sites for hydroxylation is 1. The lowest BCUT2D eigenvalue weighted by Crippen LogP contribution is -2.15. The smallest absolute Gasteiger partial charge is 0.259 e. The number of halogens is 2. The first kappa shape index (κ1) is 14.6. The molecule has 0 aliphatic rings. The third kappa shape index (κ3) is 2.86. The van der Waals surface area contributed by atoms with Crippen molar-refractivity contribution in [1.82, 2.24) is 4.98 Å². The third-order valence-corrected chi connectivity index (χ3v) is 3.61. The summed E-state index contributed by atoms with van der Waals surface area (Å²) >= 11 is 12.2. The van der Waals surface area contributed by atoms with E-state index < -0.39 is 0 Å². The van der Waals surface area contributed by atoms with Gasteiger partial charge in [0.25, 0.3) is 5.91 Å². The molecule has 0 saturated carbocycles. The van der Waals surface area contributed by atoms with Crippen molar-refractivity contribution in [3.63, 3.8) is 0 Å². The van der Waals surface area contributed by atoms with E-state index >= 15 is 0 Å². The minimum absolute atomic E-state index is 0.322. The molecule has 2 rings (SSSR count). The van der Waals surface area contributed by atoms with Gasteiger partial charge in [-0.15, -0.1) is 0 Å². The van der Waals surface area contributed by atoms with Crippen molar-refractivity contribution >= 4 is 40.6 Å². The van der Waals surface area contributed by atoms with Crippen LogP contribution in [-0.2, 0) is 0 Å². The van der Waals surface area contributed by atoms with Crippen molar-refractivity contribution in [3.8, 4) is 0 Å². The van der Waals surface area contributed by atoms with Crippen LogP contribution in [-0.4, -0.2) is 17.9 Å². The van der Waals surface area contributed by atoms with Gasteiger partial charge in [-0.1, -0.05) is 29.3 Å². The maximum absolute atomic E-state index is 12.3. The van der Waals surface area contributed by atoms with E-state index in [1.54, 1.807) is 37.5 Å². The van der Waals surface area contributed by atoms with Gasteiger partial charge >= 0.3 is 0 Å². The summed E-state index contributed by atoms with van der Waals surface area (Å²) in [6, 6.07) is 6.85. The quantitative estimate of drug-likeness (QED) is 0.901. The van der Waals surface area contributed by atoms with E-state index in [1.807, 2.05) is 6.92 Å². The summed E-state index contributed by atoms with van der Waals surface area (Å²) in [7, 11) is 1.70. The zero-order valence-corrected chi connectivity index (χ0v) is 12.5. The van der Waals surface area contributed by atoms with E-state index in [2.05, 4.69) is 15.6 Å². The minimum Gasteiger partial charge on any atom is -0.372 e. The van der Waals surface area contributed by atoms with Crippen LogP contribution in [0.2, 0.25) is 10.0 Å². The third-order valence-electron chi connectivity index (χ3n) is 2.81. The van der Waals surface area contributed by atoms with Crippen LogP contribution in [0.5, 0.6) is 0 Å². The number of nitrogens with zero attached hydrogens (tertiary/aromatic N) is 1. The summed E-state index contributed by atoms with van der Waals surface area (Å²) < 4.78 is 0. The molecule has 2 aromatic rings. The number of amides is 1. The van der Waals surface area contributed by atoms with Crippen LogP contribution in [0.15, 0.2) is 30.5 Å². The first-order valence-corrected chi connectivity index (χ1v) is 6.69. The second-order valence-electron chi connectivity index (χ2n) is 4.16. The average Bonchev–Trinajstić information content (AvgIpc) is 2.47. The fourth-order valence-corrected chi connectivity index (χ4v) is 2.21. The number of nitrogens with one attached hydrogen (secondary N) is 2. The Hall–Kier alpha value is -1.78. The minimum atomic E-state index is -0.322. The SMILES string of the molecule is CNc1ncccc1C(=O)Nc1c(Cl)ccc(C)c1Cl. The van der Waals surface area contributed by atoms with Crippen LogP contribution in [0.1, 0.15) is 15.9 Å². The van der Waals surface area contributed by atoms with Gasteiger partial charge in [0.1, 0.15) is 5.82 Å². The molecule has 0 saturated heterocycles. The van der Waals surface area contributed by atoms with Gasteiger partial charge in [0, 0.05) is 13.2 Å². The number of hydrogen-bond acceptors (Lipinski definition) is 3. The molecule has 0 bridgehead atoms. The van der Waals surface area contributed by atoms with Gasteiger partial charge in [0.15, 0.2) is 0 Å². The topological polar surface area (TPSA) is 54.0 Å². The van der Waals surface area contributed by atoms with Crippen LogP contribution >= 0.6 is 23.2 Å². The lowest BCUT2D eigenvalue weighted by molar-refractivity contribution is 0.102. The van der Waals surface area contributed by atoms with Crippen molar-refractivity contribution in [3.05, 3.63) is 51.6 Å². The van der Waals surface area contributed by atoms with Crippen LogP contribution < -0.4 is 10.6 Å². The predicted octanol–water partition coefficient (Wildman–Crippen LogP) is 3.99. The summed E-state index contributed by atoms with van der Waals surface area (Å²) in [5.41, 5.74) is 1.67. The zero-order chi connectivity index (χ0) is 14.7. The molecule has 0 aliphatic heterocycles. The molecule has 0 radical (unpaired) electrons. The van der Waals surface area contributed by atoms with E-state index in [1.165, 1.54) is 0 Å². The van der Waals surface area contributed by atoms with Gasteiger partial charge in [-0.05, 0) is 30.7 Å². The van der Waals surface area contributed by atoms with E-state index in [0.717, 1.165) is 5.56 Å². The summed E-state index contributed by atoms with van der Waals surface area (Å²) in [5, 5.41) is 6.42. The molecule has 0 unspecified atom stereocenters. The van der Waals surface area contributed by atoms with Gasteiger partial charge < -0.3 is 10.6 Å². The Morgan fingerprint density at radius 1 is 1.25 bits per heavy atom. The van der Waals surface area contributed by atoms with E-state index in [-0.39, 0.29) is 5.91 Å². The molecule has 20 heavy (non-hydrogen) atoms. The van der Waals surface area contributed by atoms with E-state index in [0.29, 0.717) is 27.1 Å².